The van der Waals surface area contributed by atoms with Gasteiger partial charge in [-0.1, -0.05) is 18.2 Å². The zero-order chi connectivity index (χ0) is 16.1. The molecule has 1 aromatic heterocycles. The fourth-order valence-corrected chi connectivity index (χ4v) is 3.46. The molecular formula is C18H22N2O2S. The first-order valence-corrected chi connectivity index (χ1v) is 8.83. The van der Waals surface area contributed by atoms with Gasteiger partial charge in [0.15, 0.2) is 0 Å². The first kappa shape index (κ1) is 16.0. The third-order valence-electron chi connectivity index (χ3n) is 4.08. The van der Waals surface area contributed by atoms with Crippen molar-refractivity contribution in [3.63, 3.8) is 0 Å². The molecule has 1 N–H and O–H groups in total. The molecule has 1 amide bonds. The van der Waals surface area contributed by atoms with Crippen LogP contribution in [0.2, 0.25) is 0 Å². The molecule has 0 radical (unpaired) electrons. The molecule has 1 aromatic carbocycles. The number of para-hydroxylation sites is 1. The van der Waals surface area contributed by atoms with Gasteiger partial charge >= 0.3 is 0 Å². The van der Waals surface area contributed by atoms with Crippen molar-refractivity contribution in [2.45, 2.75) is 25.5 Å². The molecule has 0 unspecified atom stereocenters. The van der Waals surface area contributed by atoms with E-state index in [2.05, 4.69) is 17.3 Å². The first-order valence-electron chi connectivity index (χ1n) is 7.95. The molecule has 2 heterocycles. The number of hydrogen-bond acceptors (Lipinski definition) is 4. The van der Waals surface area contributed by atoms with E-state index in [1.807, 2.05) is 41.8 Å². The average Bonchev–Trinajstić information content (AvgIpc) is 3.05. The minimum Gasteiger partial charge on any atom is -0.489 e. The van der Waals surface area contributed by atoms with E-state index in [4.69, 9.17) is 4.74 Å². The second-order valence-corrected chi connectivity index (χ2v) is 6.88. The molecule has 0 atom stereocenters. The van der Waals surface area contributed by atoms with Gasteiger partial charge in [0, 0.05) is 11.6 Å². The Morgan fingerprint density at radius 3 is 2.78 bits per heavy atom. The highest BCUT2D eigenvalue weighted by atomic mass is 32.1. The summed E-state index contributed by atoms with van der Waals surface area (Å²) in [5.41, 5.74) is 1.03. The van der Waals surface area contributed by atoms with Crippen molar-refractivity contribution in [1.82, 2.24) is 10.2 Å². The van der Waals surface area contributed by atoms with Crippen molar-refractivity contribution in [1.29, 1.82) is 0 Å². The molecule has 0 saturated carbocycles. The molecule has 2 aromatic rings. The predicted octanol–water partition coefficient (Wildman–Crippen LogP) is 3.15. The zero-order valence-electron chi connectivity index (χ0n) is 13.3. The topological polar surface area (TPSA) is 41.6 Å². The quantitative estimate of drug-likeness (QED) is 0.916. The van der Waals surface area contributed by atoms with Crippen LogP contribution in [0.3, 0.4) is 0 Å². The highest BCUT2D eigenvalue weighted by Crippen LogP contribution is 2.18. The summed E-state index contributed by atoms with van der Waals surface area (Å²) >= 11 is 1.48. The number of ether oxygens (including phenoxy) is 1. The molecule has 5 heteroatoms. The smallest absolute Gasteiger partial charge is 0.261 e. The fraction of sp³-hybridized carbons (Fsp3) is 0.389. The number of piperidine rings is 1. The van der Waals surface area contributed by atoms with Crippen LogP contribution in [-0.2, 0) is 6.61 Å². The van der Waals surface area contributed by atoms with Gasteiger partial charge in [0.05, 0.1) is 4.88 Å². The Kier molecular flexibility index (Phi) is 5.31. The highest BCUT2D eigenvalue weighted by molar-refractivity contribution is 7.12. The summed E-state index contributed by atoms with van der Waals surface area (Å²) in [5, 5.41) is 5.14. The van der Waals surface area contributed by atoms with Crippen LogP contribution in [0.5, 0.6) is 5.75 Å². The number of carbonyl (C=O) groups excluding carboxylic acids is 1. The van der Waals surface area contributed by atoms with E-state index < -0.39 is 0 Å². The van der Waals surface area contributed by atoms with E-state index in [1.165, 1.54) is 11.3 Å². The summed E-state index contributed by atoms with van der Waals surface area (Å²) in [6, 6.07) is 11.9. The minimum atomic E-state index is 0.0375. The molecule has 4 nitrogen and oxygen atoms in total. The number of carbonyl (C=O) groups is 1. The van der Waals surface area contributed by atoms with Crippen LogP contribution >= 0.6 is 11.3 Å². The maximum absolute atomic E-state index is 12.3. The lowest BCUT2D eigenvalue weighted by Gasteiger charge is -2.29. The summed E-state index contributed by atoms with van der Waals surface area (Å²) in [7, 11) is 2.12. The molecule has 0 bridgehead atoms. The zero-order valence-corrected chi connectivity index (χ0v) is 14.1. The molecule has 1 fully saturated rings. The Balaban J connectivity index is 1.51. The van der Waals surface area contributed by atoms with Crippen LogP contribution in [0, 0.1) is 0 Å². The number of likely N-dealkylation sites (tertiary alicyclic amines) is 1. The van der Waals surface area contributed by atoms with Crippen molar-refractivity contribution in [3.05, 3.63) is 52.2 Å². The van der Waals surface area contributed by atoms with Crippen molar-refractivity contribution in [2.75, 3.05) is 20.1 Å². The lowest BCUT2D eigenvalue weighted by molar-refractivity contribution is 0.0921. The number of nitrogens with zero attached hydrogens (tertiary/aromatic N) is 1. The Morgan fingerprint density at radius 2 is 2.04 bits per heavy atom. The molecule has 122 valence electrons. The van der Waals surface area contributed by atoms with Crippen LogP contribution in [0.1, 0.15) is 28.1 Å². The van der Waals surface area contributed by atoms with Gasteiger partial charge < -0.3 is 15.0 Å². The van der Waals surface area contributed by atoms with E-state index in [-0.39, 0.29) is 5.91 Å². The largest absolute Gasteiger partial charge is 0.489 e. The van der Waals surface area contributed by atoms with E-state index in [0.717, 1.165) is 42.1 Å². The van der Waals surface area contributed by atoms with Crippen LogP contribution in [0.15, 0.2) is 41.8 Å². The maximum Gasteiger partial charge on any atom is 0.261 e. The normalized spacial score (nSPS) is 16.2. The second-order valence-electron chi connectivity index (χ2n) is 5.97. The minimum absolute atomic E-state index is 0.0375. The molecule has 1 aliphatic heterocycles. The highest BCUT2D eigenvalue weighted by Gasteiger charge is 2.19. The van der Waals surface area contributed by atoms with Gasteiger partial charge in [-0.15, -0.1) is 11.3 Å². The number of benzene rings is 1. The number of thiophene rings is 1. The Morgan fingerprint density at radius 1 is 1.30 bits per heavy atom. The van der Waals surface area contributed by atoms with Gasteiger partial charge in [0.1, 0.15) is 12.4 Å². The molecule has 0 aliphatic carbocycles. The summed E-state index contributed by atoms with van der Waals surface area (Å²) < 4.78 is 5.72. The monoisotopic (exact) mass is 330 g/mol. The molecule has 1 aliphatic rings. The van der Waals surface area contributed by atoms with E-state index >= 15 is 0 Å². The summed E-state index contributed by atoms with van der Waals surface area (Å²) in [6.45, 7) is 2.58. The Hall–Kier alpha value is -1.85. The number of rotatable bonds is 5. The SMILES string of the molecule is CN1CCC(NC(=O)c2cc(COc3ccccc3)cs2)CC1. The molecule has 23 heavy (non-hydrogen) atoms. The first-order chi connectivity index (χ1) is 11.2. The maximum atomic E-state index is 12.3. The van der Waals surface area contributed by atoms with Crippen molar-refractivity contribution in [2.24, 2.45) is 0 Å². The second kappa shape index (κ2) is 7.62. The van der Waals surface area contributed by atoms with Gasteiger partial charge in [-0.3, -0.25) is 4.79 Å². The van der Waals surface area contributed by atoms with Gasteiger partial charge in [-0.25, -0.2) is 0 Å². The van der Waals surface area contributed by atoms with Gasteiger partial charge in [-0.05, 0) is 56.6 Å². The van der Waals surface area contributed by atoms with Crippen molar-refractivity contribution >= 4 is 17.2 Å². The lowest BCUT2D eigenvalue weighted by atomic mass is 10.1. The van der Waals surface area contributed by atoms with Crippen LogP contribution in [0.25, 0.3) is 0 Å². The third kappa shape index (κ3) is 4.56. The fourth-order valence-electron chi connectivity index (χ4n) is 2.66. The summed E-state index contributed by atoms with van der Waals surface area (Å²) in [4.78, 5) is 15.4. The number of amides is 1. The third-order valence-corrected chi connectivity index (χ3v) is 5.06. The Bertz CT molecular complexity index is 633. The number of nitrogens with one attached hydrogen (secondary N) is 1. The summed E-state index contributed by atoms with van der Waals surface area (Å²) in [6.07, 6.45) is 2.05. The van der Waals surface area contributed by atoms with Crippen LogP contribution < -0.4 is 10.1 Å². The van der Waals surface area contributed by atoms with Crippen molar-refractivity contribution < 1.29 is 9.53 Å². The summed E-state index contributed by atoms with van der Waals surface area (Å²) in [5.74, 6) is 0.881. The lowest BCUT2D eigenvalue weighted by Crippen LogP contribution is -2.43. The van der Waals surface area contributed by atoms with Gasteiger partial charge in [0.2, 0.25) is 0 Å². The predicted molar refractivity (Wildman–Crippen MR) is 93.1 cm³/mol. The van der Waals surface area contributed by atoms with E-state index in [0.29, 0.717) is 12.6 Å². The molecule has 3 rings (SSSR count). The van der Waals surface area contributed by atoms with E-state index in [1.54, 1.807) is 0 Å². The molecule has 1 saturated heterocycles. The van der Waals surface area contributed by atoms with Crippen LogP contribution in [0.4, 0.5) is 0 Å². The van der Waals surface area contributed by atoms with Gasteiger partial charge in [0.25, 0.3) is 5.91 Å². The van der Waals surface area contributed by atoms with E-state index in [9.17, 15) is 4.79 Å². The van der Waals surface area contributed by atoms with Crippen LogP contribution in [-0.4, -0.2) is 37.0 Å². The van der Waals surface area contributed by atoms with Gasteiger partial charge in [-0.2, -0.15) is 0 Å². The average molecular weight is 330 g/mol. The molecule has 0 spiro atoms. The van der Waals surface area contributed by atoms with Crippen molar-refractivity contribution in [3.8, 4) is 5.75 Å². The number of hydrogen-bond donors (Lipinski definition) is 1. The molecular weight excluding hydrogens is 308 g/mol. The standard InChI is InChI=1S/C18H22N2O2S/c1-20-9-7-15(8-10-20)19-18(21)17-11-14(13-23-17)12-22-16-5-3-2-4-6-16/h2-6,11,13,15H,7-10,12H2,1H3,(H,19,21). The Labute approximate surface area is 141 Å².